The van der Waals surface area contributed by atoms with E-state index in [2.05, 4.69) is 9.97 Å². The molecule has 4 atom stereocenters. The number of aromatic nitrogens is 2. The van der Waals surface area contributed by atoms with Gasteiger partial charge in [0.05, 0.1) is 57.5 Å². The van der Waals surface area contributed by atoms with Crippen LogP contribution in [-0.4, -0.2) is 76.7 Å². The first-order chi connectivity index (χ1) is 30.0. The minimum Gasteiger partial charge on any atom is -0.870 e. The Morgan fingerprint density at radius 3 is 1.44 bits per heavy atom. The van der Waals surface area contributed by atoms with E-state index in [1.807, 2.05) is 33.8 Å². The number of nitrogens with zero attached hydrogens (tertiary/aromatic N) is 2. The molecule has 6 rings (SSSR count). The van der Waals surface area contributed by atoms with Crippen molar-refractivity contribution in [1.82, 2.24) is 9.97 Å². The van der Waals surface area contributed by atoms with Gasteiger partial charge in [-0.1, -0.05) is 13.8 Å². The molecular weight excluding hydrogens is 842 g/mol. The summed E-state index contributed by atoms with van der Waals surface area (Å²) in [5, 5.41) is 9.07. The Morgan fingerprint density at radius 2 is 1.06 bits per heavy atom. The number of aryl methyl sites for hydroxylation is 2. The Labute approximate surface area is 396 Å². The molecule has 4 aromatic rings. The van der Waals surface area contributed by atoms with Gasteiger partial charge < -0.3 is 43.1 Å². The molecule has 344 valence electrons. The van der Waals surface area contributed by atoms with Crippen LogP contribution in [0.1, 0.15) is 108 Å². The second-order valence-electron chi connectivity index (χ2n) is 15.4. The molecule has 0 amide bonds. The van der Waals surface area contributed by atoms with Crippen LogP contribution in [0, 0.1) is 25.5 Å². The Hall–Kier alpha value is -4.06. The molecule has 0 aliphatic heterocycles. The Bertz CT molecular complexity index is 2090. The van der Waals surface area contributed by atoms with Gasteiger partial charge in [-0.25, -0.2) is 28.3 Å². The van der Waals surface area contributed by atoms with Crippen molar-refractivity contribution in [2.45, 2.75) is 136 Å². The molecule has 2 N–H and O–H groups in total. The molecule has 0 radical (unpaired) electrons. The van der Waals surface area contributed by atoms with Gasteiger partial charge in [-0.3, -0.25) is 0 Å². The van der Waals surface area contributed by atoms with Crippen LogP contribution < -0.4 is 29.6 Å². The minimum atomic E-state index is -0.894. The maximum atomic E-state index is 13.1. The first kappa shape index (κ1) is 54.3. The molecule has 16 heteroatoms. The van der Waals surface area contributed by atoms with Crippen LogP contribution in [-0.2, 0) is 46.5 Å². The van der Waals surface area contributed by atoms with Crippen LogP contribution >= 0.6 is 0 Å². The summed E-state index contributed by atoms with van der Waals surface area (Å²) >= 11 is 0. The quantitative estimate of drug-likeness (QED) is 0.0558. The summed E-state index contributed by atoms with van der Waals surface area (Å²) in [6.45, 7) is 11.0. The van der Waals surface area contributed by atoms with Crippen molar-refractivity contribution in [3.63, 3.8) is 0 Å². The maximum absolute atomic E-state index is 13.1. The smallest absolute Gasteiger partial charge is 0.870 e. The largest absolute Gasteiger partial charge is 1.00 e. The number of aliphatic carboxylic acids is 1. The van der Waals surface area contributed by atoms with E-state index in [0.29, 0.717) is 80.3 Å². The van der Waals surface area contributed by atoms with E-state index < -0.39 is 5.97 Å². The number of hydrogen-bond donors (Lipinski definition) is 1. The number of rotatable bonds is 19. The van der Waals surface area contributed by atoms with Crippen LogP contribution in [0.25, 0.3) is 22.9 Å². The normalized spacial score (nSPS) is 18.9. The standard InChI is InChI=1S/C25H32FNO5.C23H28FNO5.Na.H2O/c1-4-18(25(28)29-5-2)13-14-30-21-7-6-8-22(15-21)31-16-23-17(3)32-24(27-23)19-9-11-20(26)12-10-19;1-3-16(23(26)27)11-12-28-19-5-4-6-20(13-19)29-14-21-15(2)30-22(25-21)17-7-9-18(24)10-8-17;;/h9-13,21-22H,4-8,14-16H2,1-3H3;7-11,19-20H,3-6,12-14H2,1-2H3,(H,26,27);;1H2/q;;+1;/p-1/b18-13+;16-11+;;/t21-,22+;19-,20+;;/m11../s1. The fourth-order valence-corrected chi connectivity index (χ4v) is 7.31. The zero-order valence-electron chi connectivity index (χ0n) is 37.9. The van der Waals surface area contributed by atoms with Gasteiger partial charge in [0.2, 0.25) is 11.8 Å². The van der Waals surface area contributed by atoms with E-state index in [-0.39, 0.29) is 77.1 Å². The summed E-state index contributed by atoms with van der Waals surface area (Å²) in [6, 6.07) is 12.1. The van der Waals surface area contributed by atoms with Crippen molar-refractivity contribution >= 4 is 11.9 Å². The molecule has 13 nitrogen and oxygen atoms in total. The van der Waals surface area contributed by atoms with E-state index in [4.69, 9.17) is 37.6 Å². The molecule has 2 aromatic carbocycles. The average Bonchev–Trinajstić information content (AvgIpc) is 3.84. The number of hydrogen-bond acceptors (Lipinski definition) is 12. The third-order valence-electron chi connectivity index (χ3n) is 10.9. The first-order valence-corrected chi connectivity index (χ1v) is 21.6. The number of carboxylic acid groups (broad SMARTS) is 1. The molecular formula is C48H61F2N2NaO11. The molecule has 0 bridgehead atoms. The SMILES string of the molecule is CC/C(=C\CO[C@@H]1CCC[C@H](OCc2nc(-c3ccc(F)cc3)oc2C)C1)C(=O)O.CCOC(=O)/C(=C/CO[C@@H]1CCC[C@H](OCc2nc(-c3ccc(F)cc3)oc2C)C1)CC.[Na+].[OH-]. The van der Waals surface area contributed by atoms with Crippen molar-refractivity contribution in [2.24, 2.45) is 0 Å². The van der Waals surface area contributed by atoms with Crippen LogP contribution in [0.3, 0.4) is 0 Å². The summed E-state index contributed by atoms with van der Waals surface area (Å²) in [6.07, 6.45) is 12.3. The second kappa shape index (κ2) is 28.1. The van der Waals surface area contributed by atoms with E-state index in [9.17, 15) is 18.4 Å². The molecule has 0 spiro atoms. The molecule has 64 heavy (non-hydrogen) atoms. The Balaban J connectivity index is 0.000000331. The number of carbonyl (C=O) groups is 2. The predicted molar refractivity (Wildman–Crippen MR) is 230 cm³/mol. The van der Waals surface area contributed by atoms with Gasteiger partial charge in [-0.2, -0.15) is 0 Å². The number of ether oxygens (including phenoxy) is 5. The summed E-state index contributed by atoms with van der Waals surface area (Å²) in [5.74, 6) is 0.535. The van der Waals surface area contributed by atoms with Crippen LogP contribution in [0.4, 0.5) is 8.78 Å². The molecule has 2 saturated carbocycles. The third-order valence-corrected chi connectivity index (χ3v) is 10.9. The van der Waals surface area contributed by atoms with Gasteiger partial charge in [0, 0.05) is 22.3 Å². The van der Waals surface area contributed by atoms with Gasteiger partial charge in [-0.05, 0) is 146 Å². The van der Waals surface area contributed by atoms with Gasteiger partial charge in [0.1, 0.15) is 34.5 Å². The van der Waals surface area contributed by atoms with E-state index in [1.165, 1.54) is 24.3 Å². The Kier molecular flexibility index (Phi) is 23.8. The zero-order chi connectivity index (χ0) is 44.4. The van der Waals surface area contributed by atoms with E-state index in [0.717, 1.165) is 73.9 Å². The van der Waals surface area contributed by atoms with Crippen molar-refractivity contribution in [3.05, 3.63) is 106 Å². The fraction of sp³-hybridized carbons (Fsp3) is 0.500. The van der Waals surface area contributed by atoms with Gasteiger partial charge >= 0.3 is 41.5 Å². The first-order valence-electron chi connectivity index (χ1n) is 21.6. The van der Waals surface area contributed by atoms with Crippen LogP contribution in [0.2, 0.25) is 0 Å². The topological polar surface area (TPSA) is 183 Å². The maximum Gasteiger partial charge on any atom is 1.00 e. The van der Waals surface area contributed by atoms with Crippen molar-refractivity contribution in [1.29, 1.82) is 0 Å². The molecule has 2 aliphatic rings. The summed E-state index contributed by atoms with van der Waals surface area (Å²) < 4.78 is 66.8. The van der Waals surface area contributed by atoms with Gasteiger partial charge in [0.15, 0.2) is 0 Å². The Morgan fingerprint density at radius 1 is 0.672 bits per heavy atom. The number of carboxylic acids is 1. The minimum absolute atomic E-state index is 0. The molecule has 2 heterocycles. The predicted octanol–water partition coefficient (Wildman–Crippen LogP) is 7.41. The fourth-order valence-electron chi connectivity index (χ4n) is 7.31. The summed E-state index contributed by atoms with van der Waals surface area (Å²) in [5.41, 5.74) is 3.95. The number of esters is 1. The summed E-state index contributed by atoms with van der Waals surface area (Å²) in [7, 11) is 0. The zero-order valence-corrected chi connectivity index (χ0v) is 39.9. The molecule has 2 fully saturated rings. The number of carbonyl (C=O) groups excluding carboxylic acids is 1. The van der Waals surface area contributed by atoms with Gasteiger partial charge in [-0.15, -0.1) is 0 Å². The molecule has 0 saturated heterocycles. The monoisotopic (exact) mass is 902 g/mol. The average molecular weight is 903 g/mol. The van der Waals surface area contributed by atoms with Crippen LogP contribution in [0.15, 0.2) is 80.7 Å². The van der Waals surface area contributed by atoms with Gasteiger partial charge in [0.25, 0.3) is 0 Å². The third kappa shape index (κ3) is 17.1. The molecule has 2 aliphatic carbocycles. The van der Waals surface area contributed by atoms with E-state index >= 15 is 0 Å². The van der Waals surface area contributed by atoms with Crippen molar-refractivity contribution in [2.75, 3.05) is 19.8 Å². The van der Waals surface area contributed by atoms with Crippen molar-refractivity contribution in [3.8, 4) is 22.9 Å². The molecule has 0 unspecified atom stereocenters. The molecule has 2 aromatic heterocycles. The van der Waals surface area contributed by atoms with Crippen molar-refractivity contribution < 1.29 is 91.0 Å². The number of halogens is 2. The number of benzene rings is 2. The van der Waals surface area contributed by atoms with E-state index in [1.54, 1.807) is 37.3 Å². The van der Waals surface area contributed by atoms with Crippen LogP contribution in [0.5, 0.6) is 0 Å². The summed E-state index contributed by atoms with van der Waals surface area (Å²) in [4.78, 5) is 31.9. The second-order valence-corrected chi connectivity index (χ2v) is 15.4. The number of oxazole rings is 2.